The first-order valence-electron chi connectivity index (χ1n) is 7.02. The van der Waals surface area contributed by atoms with Gasteiger partial charge in [0, 0.05) is 18.0 Å². The molecular weight excluding hydrogens is 242 g/mol. The van der Waals surface area contributed by atoms with Crippen molar-refractivity contribution in [3.05, 3.63) is 12.3 Å². The number of amides is 1. The van der Waals surface area contributed by atoms with Crippen LogP contribution in [0, 0.1) is 11.8 Å². The van der Waals surface area contributed by atoms with Crippen LogP contribution in [0.15, 0.2) is 12.3 Å². The van der Waals surface area contributed by atoms with Crippen molar-refractivity contribution in [1.29, 1.82) is 0 Å². The highest BCUT2D eigenvalue weighted by Gasteiger charge is 2.21. The molecule has 0 aliphatic heterocycles. The number of hydrogen-bond donors (Lipinski definition) is 1. The minimum Gasteiger partial charge on any atom is -0.418 e. The Morgan fingerprint density at radius 3 is 1.89 bits per heavy atom. The summed E-state index contributed by atoms with van der Waals surface area (Å²) in [5.41, 5.74) is 0. The van der Waals surface area contributed by atoms with E-state index in [0.29, 0.717) is 0 Å². The number of carbonyl (C=O) groups excluding carboxylic acids is 1. The summed E-state index contributed by atoms with van der Waals surface area (Å²) < 4.78 is 5.12. The summed E-state index contributed by atoms with van der Waals surface area (Å²) in [6.07, 6.45) is 2.33. The smallest absolute Gasteiger partial charge is 0.415 e. The second kappa shape index (κ2) is 8.20. The van der Waals surface area contributed by atoms with Gasteiger partial charge in [0.2, 0.25) is 0 Å². The first-order chi connectivity index (χ1) is 8.68. The van der Waals surface area contributed by atoms with Gasteiger partial charge in [-0.25, -0.2) is 4.79 Å². The molecule has 0 saturated heterocycles. The van der Waals surface area contributed by atoms with Crippen LogP contribution < -0.4 is 0 Å². The third kappa shape index (κ3) is 6.10. The van der Waals surface area contributed by atoms with Gasteiger partial charge in [0.15, 0.2) is 0 Å². The molecule has 0 radical (unpaired) electrons. The van der Waals surface area contributed by atoms with Crippen molar-refractivity contribution in [3.63, 3.8) is 0 Å². The lowest BCUT2D eigenvalue weighted by Gasteiger charge is -2.29. The van der Waals surface area contributed by atoms with Gasteiger partial charge in [0.1, 0.15) is 0 Å². The Balaban J connectivity index is 4.43. The van der Waals surface area contributed by atoms with Crippen LogP contribution in [0.1, 0.15) is 48.5 Å². The lowest BCUT2D eigenvalue weighted by atomic mass is 9.95. The van der Waals surface area contributed by atoms with E-state index >= 15 is 0 Å². The molecule has 2 atom stereocenters. The van der Waals surface area contributed by atoms with Gasteiger partial charge >= 0.3 is 6.09 Å². The minimum absolute atomic E-state index is 0.0423. The molecule has 0 aromatic rings. The Labute approximate surface area is 117 Å². The van der Waals surface area contributed by atoms with E-state index in [0.717, 1.165) is 0 Å². The van der Waals surface area contributed by atoms with Gasteiger partial charge in [0.25, 0.3) is 0 Å². The number of rotatable bonds is 6. The van der Waals surface area contributed by atoms with E-state index in [1.807, 2.05) is 48.5 Å². The standard InChI is InChI=1S/C15H29NO3/c1-10(2)14(17)13(7)8-9-19-15(18)16(11(3)4)12(5)6/h8-14,17H,1-7H3/b9-8-/t13-,14+/m1/s1. The number of ether oxygens (including phenoxy) is 1. The molecule has 1 amide bonds. The summed E-state index contributed by atoms with van der Waals surface area (Å²) in [6.45, 7) is 13.6. The highest BCUT2D eigenvalue weighted by atomic mass is 16.5. The van der Waals surface area contributed by atoms with Crippen LogP contribution in [0.5, 0.6) is 0 Å². The average Bonchev–Trinajstić information content (AvgIpc) is 2.26. The zero-order valence-corrected chi connectivity index (χ0v) is 13.3. The fourth-order valence-corrected chi connectivity index (χ4v) is 2.02. The number of aliphatic hydroxyl groups is 1. The summed E-state index contributed by atoms with van der Waals surface area (Å²) in [5, 5.41) is 9.84. The molecule has 0 spiro atoms. The SMILES string of the molecule is CC(C)[C@H](O)[C@H](C)/C=C\OC(=O)N(C(C)C)C(C)C. The molecule has 0 rings (SSSR count). The predicted octanol–water partition coefficient (Wildman–Crippen LogP) is 3.41. The topological polar surface area (TPSA) is 49.8 Å². The molecule has 1 N–H and O–H groups in total. The van der Waals surface area contributed by atoms with Gasteiger partial charge in [-0.3, -0.25) is 0 Å². The maximum Gasteiger partial charge on any atom is 0.415 e. The van der Waals surface area contributed by atoms with Gasteiger partial charge in [0.05, 0.1) is 12.4 Å². The molecule has 4 nitrogen and oxygen atoms in total. The lowest BCUT2D eigenvalue weighted by molar-refractivity contribution is 0.0877. The Morgan fingerprint density at radius 1 is 1.05 bits per heavy atom. The maximum absolute atomic E-state index is 11.9. The second-order valence-electron chi connectivity index (χ2n) is 5.90. The number of carbonyl (C=O) groups is 1. The van der Waals surface area contributed by atoms with Crippen LogP contribution >= 0.6 is 0 Å². The van der Waals surface area contributed by atoms with Crippen molar-refractivity contribution in [2.24, 2.45) is 11.8 Å². The molecule has 0 aliphatic rings. The number of nitrogens with zero attached hydrogens (tertiary/aromatic N) is 1. The van der Waals surface area contributed by atoms with E-state index in [2.05, 4.69) is 0 Å². The van der Waals surface area contributed by atoms with Crippen LogP contribution in [0.3, 0.4) is 0 Å². The van der Waals surface area contributed by atoms with Crippen molar-refractivity contribution in [3.8, 4) is 0 Å². The molecule has 112 valence electrons. The van der Waals surface area contributed by atoms with E-state index in [1.165, 1.54) is 6.26 Å². The fourth-order valence-electron chi connectivity index (χ4n) is 2.02. The zero-order valence-electron chi connectivity index (χ0n) is 13.3. The van der Waals surface area contributed by atoms with Crippen LogP contribution in [0.4, 0.5) is 4.79 Å². The Hall–Kier alpha value is -1.03. The predicted molar refractivity (Wildman–Crippen MR) is 77.7 cm³/mol. The van der Waals surface area contributed by atoms with Gasteiger partial charge in [-0.1, -0.05) is 20.8 Å². The van der Waals surface area contributed by atoms with E-state index in [9.17, 15) is 9.90 Å². The summed E-state index contributed by atoms with van der Waals surface area (Å²) in [6, 6.07) is 0.194. The molecule has 19 heavy (non-hydrogen) atoms. The van der Waals surface area contributed by atoms with Gasteiger partial charge in [-0.05, 0) is 39.7 Å². The largest absolute Gasteiger partial charge is 0.418 e. The normalized spacial score (nSPS) is 15.3. The lowest BCUT2D eigenvalue weighted by Crippen LogP contribution is -2.41. The molecule has 0 aromatic heterocycles. The molecule has 4 heteroatoms. The summed E-state index contributed by atoms with van der Waals surface area (Å²) in [7, 11) is 0. The monoisotopic (exact) mass is 271 g/mol. The van der Waals surface area contributed by atoms with E-state index in [1.54, 1.807) is 11.0 Å². The molecule has 0 fully saturated rings. The Kier molecular flexibility index (Phi) is 7.76. The molecule has 0 unspecified atom stereocenters. The van der Waals surface area contributed by atoms with Crippen LogP contribution in [0.2, 0.25) is 0 Å². The minimum atomic E-state index is -0.429. The molecule has 0 aliphatic carbocycles. The first-order valence-corrected chi connectivity index (χ1v) is 7.02. The highest BCUT2D eigenvalue weighted by molar-refractivity contribution is 5.68. The van der Waals surface area contributed by atoms with Crippen LogP contribution in [0.25, 0.3) is 0 Å². The van der Waals surface area contributed by atoms with Crippen molar-refractivity contribution >= 4 is 6.09 Å². The van der Waals surface area contributed by atoms with Crippen LogP contribution in [-0.4, -0.2) is 34.3 Å². The van der Waals surface area contributed by atoms with Crippen molar-refractivity contribution in [2.75, 3.05) is 0 Å². The summed E-state index contributed by atoms with van der Waals surface area (Å²) >= 11 is 0. The summed E-state index contributed by atoms with van der Waals surface area (Å²) in [5.74, 6) is 0.137. The second-order valence-corrected chi connectivity index (χ2v) is 5.90. The van der Waals surface area contributed by atoms with Crippen molar-refractivity contribution in [1.82, 2.24) is 4.90 Å². The van der Waals surface area contributed by atoms with Gasteiger partial charge in [-0.15, -0.1) is 0 Å². The molecular formula is C15H29NO3. The average molecular weight is 271 g/mol. The van der Waals surface area contributed by atoms with E-state index in [-0.39, 0.29) is 30.0 Å². The molecule has 0 bridgehead atoms. The highest BCUT2D eigenvalue weighted by Crippen LogP contribution is 2.14. The van der Waals surface area contributed by atoms with E-state index < -0.39 is 6.10 Å². The first kappa shape index (κ1) is 18.0. The van der Waals surface area contributed by atoms with Crippen molar-refractivity contribution < 1.29 is 14.6 Å². The van der Waals surface area contributed by atoms with Crippen LogP contribution in [-0.2, 0) is 4.74 Å². The number of aliphatic hydroxyl groups excluding tert-OH is 1. The molecule has 0 heterocycles. The quantitative estimate of drug-likeness (QED) is 0.753. The van der Waals surface area contributed by atoms with Gasteiger partial charge < -0.3 is 14.7 Å². The zero-order chi connectivity index (χ0) is 15.2. The third-order valence-electron chi connectivity index (χ3n) is 3.10. The fraction of sp³-hybridized carbons (Fsp3) is 0.800. The molecule has 0 aromatic carbocycles. The Morgan fingerprint density at radius 2 is 1.53 bits per heavy atom. The van der Waals surface area contributed by atoms with Gasteiger partial charge in [-0.2, -0.15) is 0 Å². The summed E-state index contributed by atoms with van der Waals surface area (Å²) in [4.78, 5) is 13.6. The number of hydrogen-bond acceptors (Lipinski definition) is 3. The van der Waals surface area contributed by atoms with Crippen molar-refractivity contribution in [2.45, 2.75) is 66.7 Å². The Bertz CT molecular complexity index is 290. The van der Waals surface area contributed by atoms with E-state index in [4.69, 9.17) is 4.74 Å². The molecule has 0 saturated carbocycles. The maximum atomic E-state index is 11.9. The third-order valence-corrected chi connectivity index (χ3v) is 3.10.